The van der Waals surface area contributed by atoms with Crippen molar-refractivity contribution in [2.45, 2.75) is 13.5 Å². The molecule has 0 aliphatic carbocycles. The normalized spacial score (nSPS) is 11.1. The van der Waals surface area contributed by atoms with Crippen LogP contribution in [0.3, 0.4) is 0 Å². The number of nitrogens with two attached hydrogens (primary N) is 2. The molecular weight excluding hydrogens is 347 g/mol. The molecule has 0 aliphatic heterocycles. The zero-order chi connectivity index (χ0) is 16.3. The van der Waals surface area contributed by atoms with Crippen molar-refractivity contribution in [3.63, 3.8) is 0 Å². The average Bonchev–Trinajstić information content (AvgIpc) is 2.69. The van der Waals surface area contributed by atoms with Gasteiger partial charge in [0.05, 0.1) is 16.9 Å². The summed E-state index contributed by atoms with van der Waals surface area (Å²) in [5, 5.41) is 12.1. The van der Waals surface area contributed by atoms with Crippen LogP contribution in [-0.4, -0.2) is 17.3 Å². The molecule has 0 saturated heterocycles. The molecule has 2 rings (SSSR count). The van der Waals surface area contributed by atoms with Crippen LogP contribution in [0.15, 0.2) is 28.4 Å². The first kappa shape index (κ1) is 16.6. The van der Waals surface area contributed by atoms with Gasteiger partial charge in [0.25, 0.3) is 0 Å². The van der Waals surface area contributed by atoms with Crippen LogP contribution in [0.5, 0.6) is 0 Å². The second-order valence-electron chi connectivity index (χ2n) is 4.53. The lowest BCUT2D eigenvalue weighted by atomic mass is 10.2. The second kappa shape index (κ2) is 7.00. The summed E-state index contributed by atoms with van der Waals surface area (Å²) < 4.78 is 1.74. The fraction of sp³-hybridized carbons (Fsp3) is 0.154. The number of nitrogens with zero attached hydrogens (tertiary/aromatic N) is 3. The van der Waals surface area contributed by atoms with Gasteiger partial charge >= 0.3 is 5.15 Å². The van der Waals surface area contributed by atoms with Crippen LogP contribution < -0.4 is 16.1 Å². The summed E-state index contributed by atoms with van der Waals surface area (Å²) in [4.78, 5) is 0. The molecule has 5 N–H and O–H groups in total. The maximum atomic E-state index is 6.34. The van der Waals surface area contributed by atoms with Gasteiger partial charge in [-0.05, 0) is 36.7 Å². The molecule has 0 bridgehead atoms. The van der Waals surface area contributed by atoms with Gasteiger partial charge in [0.1, 0.15) is 5.56 Å². The maximum Gasteiger partial charge on any atom is 0.309 e. The van der Waals surface area contributed by atoms with Gasteiger partial charge in [-0.3, -0.25) is 0 Å². The zero-order valence-corrected chi connectivity index (χ0v) is 13.9. The van der Waals surface area contributed by atoms with E-state index in [1.54, 1.807) is 16.8 Å². The molecular formula is C13H14Cl3N6+. The van der Waals surface area contributed by atoms with Crippen LogP contribution >= 0.6 is 34.8 Å². The van der Waals surface area contributed by atoms with Crippen LogP contribution in [0.2, 0.25) is 15.2 Å². The van der Waals surface area contributed by atoms with E-state index in [2.05, 4.69) is 15.3 Å². The molecule has 1 heterocycles. The number of hydrogen-bond donors (Lipinski definition) is 3. The van der Waals surface area contributed by atoms with Gasteiger partial charge in [0, 0.05) is 10.6 Å². The van der Waals surface area contributed by atoms with Gasteiger partial charge in [-0.15, -0.1) is 5.10 Å². The van der Waals surface area contributed by atoms with E-state index in [0.717, 1.165) is 11.3 Å². The van der Waals surface area contributed by atoms with E-state index in [9.17, 15) is 0 Å². The number of nitrogens with one attached hydrogen (secondary N) is 1. The van der Waals surface area contributed by atoms with Crippen LogP contribution in [0.25, 0.3) is 0 Å². The number of guanidine groups is 1. The Kier molecular flexibility index (Phi) is 5.28. The monoisotopic (exact) mass is 359 g/mol. The minimum absolute atomic E-state index is 0.124. The van der Waals surface area contributed by atoms with Gasteiger partial charge in [0.2, 0.25) is 5.96 Å². The molecule has 0 amide bonds. The van der Waals surface area contributed by atoms with Gasteiger partial charge in [-0.2, -0.15) is 10.2 Å². The Hall–Kier alpha value is -1.76. The number of rotatable bonds is 4. The number of aryl methyl sites for hydroxylation is 1. The molecule has 22 heavy (non-hydrogen) atoms. The molecule has 116 valence electrons. The molecule has 6 nitrogen and oxygen atoms in total. The lowest BCUT2D eigenvalue weighted by Crippen LogP contribution is -2.37. The quantitative estimate of drug-likeness (QED) is 0.337. The zero-order valence-electron chi connectivity index (χ0n) is 11.6. The molecule has 0 saturated carbocycles. The number of halogens is 3. The SMILES string of the molecule is Cc1[nH][n+](Cc2ccc(Cl)cc2Cl)c(Cl)c1/C=N/N=C(N)N. The third-order valence-corrected chi connectivity index (χ3v) is 3.86. The molecule has 2 aromatic rings. The molecule has 0 spiro atoms. The van der Waals surface area contributed by atoms with E-state index < -0.39 is 0 Å². The Morgan fingerprint density at radius 1 is 1.32 bits per heavy atom. The Morgan fingerprint density at radius 2 is 2.05 bits per heavy atom. The summed E-state index contributed by atoms with van der Waals surface area (Å²) in [7, 11) is 0. The van der Waals surface area contributed by atoms with Crippen molar-refractivity contribution in [1.82, 2.24) is 5.10 Å². The number of aromatic nitrogens is 2. The van der Waals surface area contributed by atoms with Crippen LogP contribution in [-0.2, 0) is 6.54 Å². The lowest BCUT2D eigenvalue weighted by molar-refractivity contribution is -0.740. The molecule has 0 radical (unpaired) electrons. The minimum Gasteiger partial charge on any atom is -0.369 e. The highest BCUT2D eigenvalue weighted by Gasteiger charge is 2.21. The fourth-order valence-electron chi connectivity index (χ4n) is 1.84. The van der Waals surface area contributed by atoms with Gasteiger partial charge in [0.15, 0.2) is 6.54 Å². The summed E-state index contributed by atoms with van der Waals surface area (Å²) in [5.41, 5.74) is 12.8. The van der Waals surface area contributed by atoms with E-state index in [0.29, 0.717) is 27.3 Å². The van der Waals surface area contributed by atoms with E-state index in [1.807, 2.05) is 13.0 Å². The summed E-state index contributed by atoms with van der Waals surface area (Å²) in [6, 6.07) is 5.30. The Morgan fingerprint density at radius 3 is 2.68 bits per heavy atom. The topological polar surface area (TPSA) is 96.4 Å². The minimum atomic E-state index is -0.124. The first-order valence-electron chi connectivity index (χ1n) is 6.22. The molecule has 1 aromatic heterocycles. The molecule has 0 atom stereocenters. The number of hydrogen-bond acceptors (Lipinski definition) is 2. The third-order valence-electron chi connectivity index (χ3n) is 2.87. The van der Waals surface area contributed by atoms with Gasteiger partial charge < -0.3 is 11.5 Å². The highest BCUT2D eigenvalue weighted by atomic mass is 35.5. The first-order chi connectivity index (χ1) is 10.4. The Bertz CT molecular complexity index is 746. The molecule has 0 unspecified atom stereocenters. The Balaban J connectivity index is 2.30. The number of benzene rings is 1. The predicted molar refractivity (Wildman–Crippen MR) is 89.7 cm³/mol. The predicted octanol–water partition coefficient (Wildman–Crippen LogP) is 2.23. The van der Waals surface area contributed by atoms with E-state index in [-0.39, 0.29) is 5.96 Å². The largest absolute Gasteiger partial charge is 0.369 e. The maximum absolute atomic E-state index is 6.34. The van der Waals surface area contributed by atoms with E-state index in [1.165, 1.54) is 6.21 Å². The van der Waals surface area contributed by atoms with Crippen LogP contribution in [0.1, 0.15) is 16.8 Å². The average molecular weight is 361 g/mol. The van der Waals surface area contributed by atoms with Crippen LogP contribution in [0, 0.1) is 6.92 Å². The standard InChI is InChI=1S/C13H13Cl3N6/c1-7-10(5-19-20-13(17)18)12(16)22(21-7)6-8-2-3-9(14)4-11(8)15/h2-5H,6H2,1H3,(H4,17,18,20)/p+1/b19-5+. The second-order valence-corrected chi connectivity index (χ2v) is 5.73. The van der Waals surface area contributed by atoms with E-state index in [4.69, 9.17) is 46.3 Å². The first-order valence-corrected chi connectivity index (χ1v) is 7.35. The summed E-state index contributed by atoms with van der Waals surface area (Å²) in [5.74, 6) is -0.124. The van der Waals surface area contributed by atoms with Crippen LogP contribution in [0.4, 0.5) is 0 Å². The molecule has 0 fully saturated rings. The molecule has 1 aromatic carbocycles. The highest BCUT2D eigenvalue weighted by Crippen LogP contribution is 2.21. The smallest absolute Gasteiger partial charge is 0.309 e. The van der Waals surface area contributed by atoms with Crippen molar-refractivity contribution in [3.8, 4) is 0 Å². The molecule has 0 aliphatic rings. The lowest BCUT2D eigenvalue weighted by Gasteiger charge is -2.00. The summed E-state index contributed by atoms with van der Waals surface area (Å²) in [6.45, 7) is 2.33. The summed E-state index contributed by atoms with van der Waals surface area (Å²) in [6.07, 6.45) is 1.48. The van der Waals surface area contributed by atoms with Gasteiger partial charge in [-0.1, -0.05) is 27.9 Å². The van der Waals surface area contributed by atoms with Crippen molar-refractivity contribution in [3.05, 3.63) is 50.2 Å². The van der Waals surface area contributed by atoms with Crippen molar-refractivity contribution in [2.75, 3.05) is 0 Å². The number of H-pyrrole nitrogens is 1. The van der Waals surface area contributed by atoms with Crippen molar-refractivity contribution >= 4 is 47.0 Å². The van der Waals surface area contributed by atoms with Gasteiger partial charge in [-0.25, -0.2) is 0 Å². The van der Waals surface area contributed by atoms with E-state index >= 15 is 0 Å². The fourth-order valence-corrected chi connectivity index (χ4v) is 2.61. The highest BCUT2D eigenvalue weighted by molar-refractivity contribution is 6.35. The molecule has 9 heteroatoms. The van der Waals surface area contributed by atoms with Crippen molar-refractivity contribution in [2.24, 2.45) is 21.7 Å². The van der Waals surface area contributed by atoms with Crippen molar-refractivity contribution < 1.29 is 4.68 Å². The Labute approximate surface area is 142 Å². The summed E-state index contributed by atoms with van der Waals surface area (Å²) >= 11 is 18.4. The number of aromatic amines is 1. The third kappa shape index (κ3) is 3.91. The van der Waals surface area contributed by atoms with Crippen molar-refractivity contribution in [1.29, 1.82) is 0 Å².